The fourth-order valence-corrected chi connectivity index (χ4v) is 3.08. The van der Waals surface area contributed by atoms with Crippen molar-refractivity contribution in [1.29, 1.82) is 0 Å². The van der Waals surface area contributed by atoms with Crippen LogP contribution >= 0.6 is 27.7 Å². The predicted octanol–water partition coefficient (Wildman–Crippen LogP) is 3.25. The Hall–Kier alpha value is -1.34. The van der Waals surface area contributed by atoms with E-state index in [1.54, 1.807) is 0 Å². The van der Waals surface area contributed by atoms with Crippen molar-refractivity contribution in [3.05, 3.63) is 28.7 Å². The minimum Gasteiger partial charge on any atom is -0.351 e. The van der Waals surface area contributed by atoms with E-state index < -0.39 is 0 Å². The first-order valence-corrected chi connectivity index (χ1v) is 8.64. The average Bonchev–Trinajstić information content (AvgIpc) is 2.76. The second-order valence-electron chi connectivity index (χ2n) is 5.93. The van der Waals surface area contributed by atoms with Crippen molar-refractivity contribution in [1.82, 2.24) is 20.1 Å². The van der Waals surface area contributed by atoms with Crippen LogP contribution in [0.4, 0.5) is 0 Å². The zero-order valence-corrected chi connectivity index (χ0v) is 15.5. The number of aromatic nitrogens is 3. The molecule has 0 unspecified atom stereocenters. The number of carbonyl (C=O) groups excluding carboxylic acids is 1. The number of carbonyl (C=O) groups is 1. The zero-order valence-electron chi connectivity index (χ0n) is 13.1. The molecule has 1 heterocycles. The summed E-state index contributed by atoms with van der Waals surface area (Å²) in [6, 6.07) is 7.86. The van der Waals surface area contributed by atoms with Crippen molar-refractivity contribution in [3.63, 3.8) is 0 Å². The molecular formula is C15H19BrN4OS. The molecule has 0 atom stereocenters. The molecule has 0 aliphatic heterocycles. The Morgan fingerprint density at radius 3 is 2.64 bits per heavy atom. The van der Waals surface area contributed by atoms with Crippen LogP contribution in [0.15, 0.2) is 33.9 Å². The van der Waals surface area contributed by atoms with Gasteiger partial charge in [-0.05, 0) is 26.8 Å². The Labute approximate surface area is 143 Å². The first-order valence-electron chi connectivity index (χ1n) is 6.86. The second-order valence-corrected chi connectivity index (χ2v) is 7.73. The third kappa shape index (κ3) is 4.33. The lowest BCUT2D eigenvalue weighted by Gasteiger charge is -2.20. The van der Waals surface area contributed by atoms with Crippen molar-refractivity contribution < 1.29 is 4.79 Å². The monoisotopic (exact) mass is 382 g/mol. The van der Waals surface area contributed by atoms with Gasteiger partial charge in [0.25, 0.3) is 0 Å². The van der Waals surface area contributed by atoms with Gasteiger partial charge >= 0.3 is 0 Å². The summed E-state index contributed by atoms with van der Waals surface area (Å²) in [7, 11) is 1.90. The van der Waals surface area contributed by atoms with Crippen LogP contribution in [-0.2, 0) is 11.8 Å². The third-order valence-corrected chi connectivity index (χ3v) is 4.51. The average molecular weight is 383 g/mol. The molecule has 7 heteroatoms. The van der Waals surface area contributed by atoms with E-state index in [2.05, 4.69) is 31.4 Å². The number of thioether (sulfide) groups is 1. The SMILES string of the molecule is Cn1c(SCC(=O)NC(C)(C)C)nnc1-c1ccccc1Br. The molecule has 0 saturated carbocycles. The van der Waals surface area contributed by atoms with Crippen molar-refractivity contribution >= 4 is 33.6 Å². The lowest BCUT2D eigenvalue weighted by molar-refractivity contribution is -0.119. The number of rotatable bonds is 4. The maximum atomic E-state index is 11.9. The Morgan fingerprint density at radius 2 is 2.00 bits per heavy atom. The third-order valence-electron chi connectivity index (χ3n) is 2.80. The van der Waals surface area contributed by atoms with Gasteiger partial charge in [-0.1, -0.05) is 45.9 Å². The molecule has 1 aromatic heterocycles. The lowest BCUT2D eigenvalue weighted by Crippen LogP contribution is -2.41. The Bertz CT molecular complexity index is 678. The topological polar surface area (TPSA) is 59.8 Å². The van der Waals surface area contributed by atoms with E-state index >= 15 is 0 Å². The highest BCUT2D eigenvalue weighted by atomic mass is 79.9. The molecule has 0 bridgehead atoms. The second kappa shape index (κ2) is 6.83. The fraction of sp³-hybridized carbons (Fsp3) is 0.400. The number of amides is 1. The van der Waals surface area contributed by atoms with Crippen LogP contribution in [0.25, 0.3) is 11.4 Å². The summed E-state index contributed by atoms with van der Waals surface area (Å²) in [4.78, 5) is 11.9. The first-order chi connectivity index (χ1) is 10.3. The minimum absolute atomic E-state index is 0.0112. The largest absolute Gasteiger partial charge is 0.351 e. The van der Waals surface area contributed by atoms with Crippen molar-refractivity contribution in [2.75, 3.05) is 5.75 Å². The molecule has 0 aliphatic rings. The minimum atomic E-state index is -0.225. The summed E-state index contributed by atoms with van der Waals surface area (Å²) in [6.45, 7) is 5.88. The normalized spacial score (nSPS) is 11.5. The van der Waals surface area contributed by atoms with Crippen LogP contribution in [-0.4, -0.2) is 32.0 Å². The molecule has 2 rings (SSSR count). The molecule has 0 radical (unpaired) electrons. The summed E-state index contributed by atoms with van der Waals surface area (Å²) in [5.41, 5.74) is 0.751. The molecule has 1 aromatic carbocycles. The molecule has 0 saturated heterocycles. The van der Waals surface area contributed by atoms with E-state index in [0.717, 1.165) is 21.0 Å². The number of hydrogen-bond donors (Lipinski definition) is 1. The molecule has 0 fully saturated rings. The molecule has 0 aliphatic carbocycles. The maximum Gasteiger partial charge on any atom is 0.230 e. The molecule has 5 nitrogen and oxygen atoms in total. The zero-order chi connectivity index (χ0) is 16.3. The lowest BCUT2D eigenvalue weighted by atomic mass is 10.1. The summed E-state index contributed by atoms with van der Waals surface area (Å²) < 4.78 is 2.86. The van der Waals surface area contributed by atoms with Gasteiger partial charge < -0.3 is 9.88 Å². The van der Waals surface area contributed by atoms with E-state index in [0.29, 0.717) is 5.75 Å². The summed E-state index contributed by atoms with van der Waals surface area (Å²) in [5, 5.41) is 12.1. The van der Waals surface area contributed by atoms with Gasteiger partial charge in [0.1, 0.15) is 0 Å². The Kier molecular flexibility index (Phi) is 5.28. The summed E-state index contributed by atoms with van der Waals surface area (Å²) >= 11 is 4.90. The molecule has 1 amide bonds. The molecule has 2 aromatic rings. The highest BCUT2D eigenvalue weighted by molar-refractivity contribution is 9.10. The van der Waals surface area contributed by atoms with Gasteiger partial charge in [-0.3, -0.25) is 4.79 Å². The van der Waals surface area contributed by atoms with E-state index in [1.165, 1.54) is 11.8 Å². The number of nitrogens with one attached hydrogen (secondary N) is 1. The summed E-state index contributed by atoms with van der Waals surface area (Å²) in [5.74, 6) is 1.08. The van der Waals surface area contributed by atoms with E-state index in [4.69, 9.17) is 0 Å². The number of nitrogens with zero attached hydrogens (tertiary/aromatic N) is 3. The van der Waals surface area contributed by atoms with Crippen LogP contribution in [0, 0.1) is 0 Å². The Morgan fingerprint density at radius 1 is 1.32 bits per heavy atom. The van der Waals surface area contributed by atoms with Gasteiger partial charge in [0.2, 0.25) is 5.91 Å². The van der Waals surface area contributed by atoms with Crippen LogP contribution < -0.4 is 5.32 Å². The standard InChI is InChI=1S/C15H19BrN4OS/c1-15(2,3)17-12(21)9-22-14-19-18-13(20(14)4)10-7-5-6-8-11(10)16/h5-8H,9H2,1-4H3,(H,17,21). The first kappa shape index (κ1) is 17.0. The highest BCUT2D eigenvalue weighted by Gasteiger charge is 2.17. The molecule has 1 N–H and O–H groups in total. The van der Waals surface area contributed by atoms with E-state index in [-0.39, 0.29) is 11.4 Å². The van der Waals surface area contributed by atoms with Gasteiger partial charge in [-0.2, -0.15) is 0 Å². The van der Waals surface area contributed by atoms with E-state index in [9.17, 15) is 4.79 Å². The maximum absolute atomic E-state index is 11.9. The van der Waals surface area contributed by atoms with Crippen molar-refractivity contribution in [3.8, 4) is 11.4 Å². The molecule has 22 heavy (non-hydrogen) atoms. The van der Waals surface area contributed by atoms with Crippen molar-refractivity contribution in [2.24, 2.45) is 7.05 Å². The number of hydrogen-bond acceptors (Lipinski definition) is 4. The smallest absolute Gasteiger partial charge is 0.230 e. The Balaban J connectivity index is 2.09. The van der Waals surface area contributed by atoms with Gasteiger partial charge in [0.05, 0.1) is 5.75 Å². The number of benzene rings is 1. The predicted molar refractivity (Wildman–Crippen MR) is 92.8 cm³/mol. The molecule has 0 spiro atoms. The molecular weight excluding hydrogens is 364 g/mol. The van der Waals surface area contributed by atoms with Crippen LogP contribution in [0.5, 0.6) is 0 Å². The number of halogens is 1. The van der Waals surface area contributed by atoms with Gasteiger partial charge in [-0.15, -0.1) is 10.2 Å². The van der Waals surface area contributed by atoms with Gasteiger partial charge in [-0.25, -0.2) is 0 Å². The summed E-state index contributed by atoms with van der Waals surface area (Å²) in [6.07, 6.45) is 0. The van der Waals surface area contributed by atoms with E-state index in [1.807, 2.05) is 56.7 Å². The van der Waals surface area contributed by atoms with Crippen LogP contribution in [0.3, 0.4) is 0 Å². The van der Waals surface area contributed by atoms with Crippen LogP contribution in [0.1, 0.15) is 20.8 Å². The van der Waals surface area contributed by atoms with Gasteiger partial charge in [0.15, 0.2) is 11.0 Å². The van der Waals surface area contributed by atoms with Crippen molar-refractivity contribution in [2.45, 2.75) is 31.5 Å². The fourth-order valence-electron chi connectivity index (χ4n) is 1.90. The van der Waals surface area contributed by atoms with Crippen LogP contribution in [0.2, 0.25) is 0 Å². The molecule has 118 valence electrons. The quantitative estimate of drug-likeness (QED) is 0.824. The highest BCUT2D eigenvalue weighted by Crippen LogP contribution is 2.28. The van der Waals surface area contributed by atoms with Gasteiger partial charge in [0, 0.05) is 22.6 Å².